The van der Waals surface area contributed by atoms with Crippen molar-refractivity contribution in [2.24, 2.45) is 0 Å². The van der Waals surface area contributed by atoms with E-state index in [2.05, 4.69) is 20.3 Å². The largest absolute Gasteiger partial charge is 0.339 e. The minimum absolute atomic E-state index is 0.0203. The van der Waals surface area contributed by atoms with Crippen LogP contribution < -0.4 is 5.56 Å². The van der Waals surface area contributed by atoms with Crippen molar-refractivity contribution in [3.8, 4) is 0 Å². The summed E-state index contributed by atoms with van der Waals surface area (Å²) in [5.41, 5.74) is 2.86. The first-order valence-corrected chi connectivity index (χ1v) is 10.9. The molecule has 0 bridgehead atoms. The van der Waals surface area contributed by atoms with Crippen LogP contribution in [0.25, 0.3) is 11.2 Å². The van der Waals surface area contributed by atoms with Crippen LogP contribution in [-0.2, 0) is 6.54 Å². The number of carbonyl (C=O) groups is 1. The van der Waals surface area contributed by atoms with Crippen LogP contribution in [0.3, 0.4) is 0 Å². The summed E-state index contributed by atoms with van der Waals surface area (Å²) in [6.07, 6.45) is 1.40. The summed E-state index contributed by atoms with van der Waals surface area (Å²) in [6, 6.07) is 13.7. The van der Waals surface area contributed by atoms with Crippen LogP contribution in [0.4, 0.5) is 4.39 Å². The smallest absolute Gasteiger partial charge is 0.281 e. The number of H-pyrrole nitrogens is 1. The van der Waals surface area contributed by atoms with Crippen LogP contribution in [0.15, 0.2) is 53.3 Å². The fourth-order valence-corrected chi connectivity index (χ4v) is 4.18. The Morgan fingerprint density at radius 2 is 1.79 bits per heavy atom. The molecule has 1 aliphatic rings. The Morgan fingerprint density at radius 1 is 1.09 bits per heavy atom. The Balaban J connectivity index is 1.34. The van der Waals surface area contributed by atoms with Crippen LogP contribution in [0.2, 0.25) is 0 Å². The van der Waals surface area contributed by atoms with Gasteiger partial charge in [-0.15, -0.1) is 5.10 Å². The Morgan fingerprint density at radius 3 is 2.48 bits per heavy atom. The van der Waals surface area contributed by atoms with Gasteiger partial charge in [-0.3, -0.25) is 9.59 Å². The molecule has 0 aliphatic carbocycles. The number of nitrogens with zero attached hydrogens (tertiary/aromatic N) is 5. The van der Waals surface area contributed by atoms with Crippen molar-refractivity contribution in [1.29, 1.82) is 0 Å². The number of piperidine rings is 1. The SMILES string of the molecule is Cc1ccc(C(=O)N2CCC(c3nc4c(nnn4Cc4ccc(F)cc4)c(=O)[nH]3)CC2)cc1. The fourth-order valence-electron chi connectivity index (χ4n) is 4.18. The second kappa shape index (κ2) is 8.57. The molecule has 0 saturated carbocycles. The second-order valence-electron chi connectivity index (χ2n) is 8.43. The molecule has 1 aliphatic heterocycles. The normalized spacial score (nSPS) is 14.7. The molecule has 9 heteroatoms. The molecule has 168 valence electrons. The Bertz CT molecular complexity index is 1350. The summed E-state index contributed by atoms with van der Waals surface area (Å²) < 4.78 is 14.8. The number of halogens is 1. The van der Waals surface area contributed by atoms with Crippen LogP contribution in [0.1, 0.15) is 46.1 Å². The van der Waals surface area contributed by atoms with Gasteiger partial charge in [0.15, 0.2) is 11.2 Å². The molecule has 4 aromatic rings. The molecule has 33 heavy (non-hydrogen) atoms. The quantitative estimate of drug-likeness (QED) is 0.520. The summed E-state index contributed by atoms with van der Waals surface area (Å²) in [7, 11) is 0. The van der Waals surface area contributed by atoms with E-state index < -0.39 is 0 Å². The van der Waals surface area contributed by atoms with Gasteiger partial charge in [-0.2, -0.15) is 0 Å². The summed E-state index contributed by atoms with van der Waals surface area (Å²) in [6.45, 7) is 3.50. The number of benzene rings is 2. The van der Waals surface area contributed by atoms with Gasteiger partial charge in [0, 0.05) is 24.6 Å². The topological polar surface area (TPSA) is 96.8 Å². The van der Waals surface area contributed by atoms with E-state index in [1.807, 2.05) is 36.1 Å². The lowest BCUT2D eigenvalue weighted by Gasteiger charge is -2.31. The van der Waals surface area contributed by atoms with E-state index >= 15 is 0 Å². The molecular weight excluding hydrogens is 423 g/mol. The molecule has 3 heterocycles. The first-order chi connectivity index (χ1) is 16.0. The van der Waals surface area contributed by atoms with Gasteiger partial charge in [-0.1, -0.05) is 35.0 Å². The molecule has 1 amide bonds. The van der Waals surface area contributed by atoms with Gasteiger partial charge in [0.05, 0.1) is 6.54 Å². The van der Waals surface area contributed by atoms with Crippen molar-refractivity contribution in [1.82, 2.24) is 29.9 Å². The average molecular weight is 446 g/mol. The van der Waals surface area contributed by atoms with Crippen LogP contribution in [0, 0.1) is 12.7 Å². The van der Waals surface area contributed by atoms with E-state index in [1.54, 1.807) is 16.8 Å². The Labute approximate surface area is 189 Å². The zero-order valence-corrected chi connectivity index (χ0v) is 18.2. The molecule has 1 fully saturated rings. The predicted molar refractivity (Wildman–Crippen MR) is 121 cm³/mol. The van der Waals surface area contributed by atoms with Crippen molar-refractivity contribution < 1.29 is 9.18 Å². The molecule has 2 aromatic carbocycles. The van der Waals surface area contributed by atoms with Gasteiger partial charge < -0.3 is 9.88 Å². The Kier molecular flexibility index (Phi) is 5.45. The number of fused-ring (bicyclic) bond motifs is 1. The molecule has 0 unspecified atom stereocenters. The van der Waals surface area contributed by atoms with Gasteiger partial charge >= 0.3 is 0 Å². The average Bonchev–Trinajstić information content (AvgIpc) is 3.24. The van der Waals surface area contributed by atoms with Gasteiger partial charge in [-0.05, 0) is 49.6 Å². The number of aromatic nitrogens is 5. The first kappa shape index (κ1) is 21.0. The van der Waals surface area contributed by atoms with Crippen molar-refractivity contribution in [3.63, 3.8) is 0 Å². The highest BCUT2D eigenvalue weighted by molar-refractivity contribution is 5.94. The lowest BCUT2D eigenvalue weighted by atomic mass is 9.95. The molecule has 8 nitrogen and oxygen atoms in total. The highest BCUT2D eigenvalue weighted by Gasteiger charge is 2.27. The maximum atomic E-state index is 13.2. The maximum absolute atomic E-state index is 13.2. The van der Waals surface area contributed by atoms with E-state index in [1.165, 1.54) is 12.1 Å². The number of likely N-dealkylation sites (tertiary alicyclic amines) is 1. The van der Waals surface area contributed by atoms with Crippen molar-refractivity contribution in [2.75, 3.05) is 13.1 Å². The number of amides is 1. The minimum atomic E-state index is -0.335. The lowest BCUT2D eigenvalue weighted by Crippen LogP contribution is -2.38. The molecule has 0 radical (unpaired) electrons. The summed E-state index contributed by atoms with van der Waals surface area (Å²) in [5, 5.41) is 8.05. The highest BCUT2D eigenvalue weighted by Crippen LogP contribution is 2.26. The number of hydrogen-bond acceptors (Lipinski definition) is 5. The van der Waals surface area contributed by atoms with Crippen molar-refractivity contribution in [2.45, 2.75) is 32.2 Å². The molecule has 0 atom stereocenters. The van der Waals surface area contributed by atoms with Crippen LogP contribution >= 0.6 is 0 Å². The molecular formula is C24H23FN6O2. The summed E-state index contributed by atoms with van der Waals surface area (Å²) in [4.78, 5) is 34.8. The van der Waals surface area contributed by atoms with Gasteiger partial charge in [0.25, 0.3) is 11.5 Å². The summed E-state index contributed by atoms with van der Waals surface area (Å²) >= 11 is 0. The standard InChI is InChI=1S/C24H23FN6O2/c1-15-2-6-18(7-3-15)24(33)30-12-10-17(11-13-30)21-26-22-20(23(32)27-21)28-29-31(22)14-16-4-8-19(25)9-5-16/h2-9,17H,10-14H2,1H3,(H,26,27,32). The Hall–Kier alpha value is -3.88. The number of aryl methyl sites for hydroxylation is 1. The number of carbonyl (C=O) groups excluding carboxylic acids is 1. The summed E-state index contributed by atoms with van der Waals surface area (Å²) in [5.74, 6) is 0.314. The third kappa shape index (κ3) is 4.26. The number of rotatable bonds is 4. The van der Waals surface area contributed by atoms with E-state index in [9.17, 15) is 14.0 Å². The van der Waals surface area contributed by atoms with Crippen LogP contribution in [0.5, 0.6) is 0 Å². The number of nitrogens with one attached hydrogen (secondary N) is 1. The van der Waals surface area contributed by atoms with Gasteiger partial charge in [0.1, 0.15) is 11.6 Å². The van der Waals surface area contributed by atoms with E-state index in [-0.39, 0.29) is 28.7 Å². The van der Waals surface area contributed by atoms with E-state index in [0.717, 1.165) is 11.1 Å². The third-order valence-electron chi connectivity index (χ3n) is 6.10. The monoisotopic (exact) mass is 446 g/mol. The maximum Gasteiger partial charge on any atom is 0.281 e. The zero-order valence-electron chi connectivity index (χ0n) is 18.2. The number of hydrogen-bond donors (Lipinski definition) is 1. The first-order valence-electron chi connectivity index (χ1n) is 10.9. The molecule has 0 spiro atoms. The van der Waals surface area contributed by atoms with E-state index in [0.29, 0.717) is 49.5 Å². The van der Waals surface area contributed by atoms with Crippen molar-refractivity contribution in [3.05, 3.63) is 87.2 Å². The molecule has 1 N–H and O–H groups in total. The lowest BCUT2D eigenvalue weighted by molar-refractivity contribution is 0.0711. The third-order valence-corrected chi connectivity index (χ3v) is 6.10. The van der Waals surface area contributed by atoms with Crippen molar-refractivity contribution >= 4 is 17.1 Å². The highest BCUT2D eigenvalue weighted by atomic mass is 19.1. The number of aromatic amines is 1. The minimum Gasteiger partial charge on any atom is -0.339 e. The molecule has 5 rings (SSSR count). The van der Waals surface area contributed by atoms with Crippen LogP contribution in [-0.4, -0.2) is 48.9 Å². The molecule has 1 saturated heterocycles. The molecule has 2 aromatic heterocycles. The zero-order chi connectivity index (χ0) is 22.9. The van der Waals surface area contributed by atoms with E-state index in [4.69, 9.17) is 0 Å². The van der Waals surface area contributed by atoms with Gasteiger partial charge in [-0.25, -0.2) is 14.1 Å². The van der Waals surface area contributed by atoms with Gasteiger partial charge in [0.2, 0.25) is 0 Å². The fraction of sp³-hybridized carbons (Fsp3) is 0.292. The second-order valence-corrected chi connectivity index (χ2v) is 8.43. The predicted octanol–water partition coefficient (Wildman–Crippen LogP) is 3.03.